The number of hydrogen-bond acceptors (Lipinski definition) is 6. The lowest BCUT2D eigenvalue weighted by atomic mass is 10.1. The van der Waals surface area contributed by atoms with Crippen molar-refractivity contribution in [3.63, 3.8) is 0 Å². The molecule has 0 aromatic heterocycles. The topological polar surface area (TPSA) is 105 Å². The summed E-state index contributed by atoms with van der Waals surface area (Å²) in [6, 6.07) is 14.1. The third-order valence-corrected chi connectivity index (χ3v) is 5.55. The molecule has 0 spiro atoms. The number of aliphatic hydroxyl groups is 1. The molecule has 0 saturated carbocycles. The van der Waals surface area contributed by atoms with E-state index in [1.165, 1.54) is 0 Å². The highest BCUT2D eigenvalue weighted by atomic mass is 16.3. The number of urea groups is 1. The molecule has 2 amide bonds. The molecule has 0 bridgehead atoms. The van der Waals surface area contributed by atoms with E-state index < -0.39 is 18.2 Å². The molecule has 0 unspecified atom stereocenters. The van der Waals surface area contributed by atoms with Gasteiger partial charge in [-0.1, -0.05) is 6.92 Å². The van der Waals surface area contributed by atoms with Gasteiger partial charge in [0.15, 0.2) is 0 Å². The molecule has 1 fully saturated rings. The number of nitrogens with zero attached hydrogens (tertiary/aromatic N) is 3. The molecule has 2 aromatic rings. The Balaban J connectivity index is 1.54. The predicted octanol–water partition coefficient (Wildman–Crippen LogP) is 2.59. The van der Waals surface area contributed by atoms with Crippen LogP contribution in [0.3, 0.4) is 0 Å². The van der Waals surface area contributed by atoms with E-state index in [2.05, 4.69) is 15.1 Å². The molecule has 8 nitrogen and oxygen atoms in total. The van der Waals surface area contributed by atoms with Crippen molar-refractivity contribution in [1.29, 1.82) is 0 Å². The van der Waals surface area contributed by atoms with Crippen LogP contribution >= 0.6 is 0 Å². The van der Waals surface area contributed by atoms with E-state index in [4.69, 9.17) is 5.84 Å². The van der Waals surface area contributed by atoms with Gasteiger partial charge in [-0.15, -0.1) is 0 Å². The quantitative estimate of drug-likeness (QED) is 0.330. The molecule has 0 aliphatic carbocycles. The fourth-order valence-corrected chi connectivity index (χ4v) is 3.75. The van der Waals surface area contributed by atoms with E-state index in [0.29, 0.717) is 12.1 Å². The zero-order valence-electron chi connectivity index (χ0n) is 17.5. The number of rotatable bonds is 6. The molecule has 1 heterocycles. The minimum absolute atomic E-state index is 0.276. The normalized spacial score (nSPS) is 16.1. The van der Waals surface area contributed by atoms with Gasteiger partial charge in [0.1, 0.15) is 5.75 Å². The zero-order chi connectivity index (χ0) is 21.7. The van der Waals surface area contributed by atoms with Crippen molar-refractivity contribution in [2.24, 2.45) is 5.84 Å². The van der Waals surface area contributed by atoms with Gasteiger partial charge in [-0.25, -0.2) is 10.6 Å². The lowest BCUT2D eigenvalue weighted by Gasteiger charge is -2.37. The summed E-state index contributed by atoms with van der Waals surface area (Å²) in [4.78, 5) is 16.9. The summed E-state index contributed by atoms with van der Waals surface area (Å²) in [5, 5.41) is 23.0. The second-order valence-corrected chi connectivity index (χ2v) is 7.59. The van der Waals surface area contributed by atoms with Gasteiger partial charge in [0.25, 0.3) is 0 Å². The van der Waals surface area contributed by atoms with Crippen LogP contribution in [0.5, 0.6) is 5.75 Å². The summed E-state index contributed by atoms with van der Waals surface area (Å²) in [5.74, 6) is 6.15. The average Bonchev–Trinajstić information content (AvgIpc) is 2.75. The number of carbonyl (C=O) groups excluding carboxylic acids is 1. The number of carbonyl (C=O) groups is 1. The number of piperazine rings is 1. The molecule has 1 saturated heterocycles. The Morgan fingerprint density at radius 2 is 1.50 bits per heavy atom. The number of hydrazine groups is 1. The number of benzene rings is 2. The Morgan fingerprint density at radius 3 is 1.93 bits per heavy atom. The number of nitrogens with two attached hydrogens (primary N) is 1. The van der Waals surface area contributed by atoms with Gasteiger partial charge in [-0.3, -0.25) is 5.01 Å². The number of anilines is 3. The fourth-order valence-electron chi connectivity index (χ4n) is 3.75. The highest BCUT2D eigenvalue weighted by molar-refractivity contribution is 5.89. The highest BCUT2D eigenvalue weighted by Gasteiger charge is 2.23. The van der Waals surface area contributed by atoms with Gasteiger partial charge in [-0.2, -0.15) is 0 Å². The third-order valence-electron chi connectivity index (χ3n) is 5.55. The van der Waals surface area contributed by atoms with Crippen molar-refractivity contribution in [3.05, 3.63) is 48.5 Å². The molecule has 1 aliphatic heterocycles. The van der Waals surface area contributed by atoms with Crippen molar-refractivity contribution >= 4 is 23.1 Å². The van der Waals surface area contributed by atoms with Crippen LogP contribution in [0.25, 0.3) is 0 Å². The maximum Gasteiger partial charge on any atom is 0.336 e. The van der Waals surface area contributed by atoms with Crippen molar-refractivity contribution in [2.75, 3.05) is 41.3 Å². The van der Waals surface area contributed by atoms with Gasteiger partial charge in [0.05, 0.1) is 12.1 Å². The van der Waals surface area contributed by atoms with E-state index in [1.54, 1.807) is 19.1 Å². The molecule has 30 heavy (non-hydrogen) atoms. The number of aliphatic hydroxyl groups excluding tert-OH is 1. The van der Waals surface area contributed by atoms with Gasteiger partial charge in [0.2, 0.25) is 0 Å². The van der Waals surface area contributed by atoms with Crippen LogP contribution in [0.1, 0.15) is 20.3 Å². The van der Waals surface area contributed by atoms with Gasteiger partial charge >= 0.3 is 6.03 Å². The van der Waals surface area contributed by atoms with E-state index in [1.807, 2.05) is 43.3 Å². The van der Waals surface area contributed by atoms with Crippen LogP contribution in [0.15, 0.2) is 48.5 Å². The molecular weight excluding hydrogens is 382 g/mol. The summed E-state index contributed by atoms with van der Waals surface area (Å²) in [7, 11) is 0. The van der Waals surface area contributed by atoms with Crippen molar-refractivity contribution in [1.82, 2.24) is 5.01 Å². The van der Waals surface area contributed by atoms with Crippen LogP contribution in [0.2, 0.25) is 0 Å². The number of phenolic OH excluding ortho intramolecular Hbond substituents is 1. The minimum Gasteiger partial charge on any atom is -0.508 e. The first-order chi connectivity index (χ1) is 14.4. The number of aromatic hydroxyl groups is 1. The molecule has 8 heteroatoms. The van der Waals surface area contributed by atoms with Crippen molar-refractivity contribution in [3.8, 4) is 5.75 Å². The molecule has 2 atom stereocenters. The molecule has 2 aromatic carbocycles. The van der Waals surface area contributed by atoms with E-state index in [9.17, 15) is 15.0 Å². The molecule has 1 aliphatic rings. The molecule has 3 rings (SSSR count). The highest BCUT2D eigenvalue weighted by Crippen LogP contribution is 2.23. The van der Waals surface area contributed by atoms with Crippen LogP contribution in [-0.4, -0.2) is 59.6 Å². The van der Waals surface area contributed by atoms with E-state index in [0.717, 1.165) is 42.6 Å². The van der Waals surface area contributed by atoms with Crippen LogP contribution in [-0.2, 0) is 0 Å². The van der Waals surface area contributed by atoms with E-state index in [-0.39, 0.29) is 5.75 Å². The van der Waals surface area contributed by atoms with Crippen molar-refractivity contribution in [2.45, 2.75) is 32.4 Å². The Labute approximate surface area is 177 Å². The summed E-state index contributed by atoms with van der Waals surface area (Å²) < 4.78 is 0. The maximum atomic E-state index is 12.3. The van der Waals surface area contributed by atoms with Crippen molar-refractivity contribution < 1.29 is 15.0 Å². The fraction of sp³-hybridized carbons (Fsp3) is 0.409. The Hall–Kier alpha value is -2.97. The standard InChI is InChI=1S/C22H31N5O3/c1-3-21(16(2)28)27(23)22(30)24-17-4-6-18(7-5-17)25-12-14-26(15-13-25)19-8-10-20(29)11-9-19/h4-11,16,21,28-29H,3,12-15,23H2,1-2H3,(H,24,30)/t16-,21-/m0/s1. The summed E-state index contributed by atoms with van der Waals surface area (Å²) in [6.07, 6.45) is -0.134. The average molecular weight is 414 g/mol. The number of nitrogens with one attached hydrogen (secondary N) is 1. The van der Waals surface area contributed by atoms with Gasteiger partial charge in [0, 0.05) is 43.2 Å². The lowest BCUT2D eigenvalue weighted by molar-refractivity contribution is 0.0797. The number of phenols is 1. The lowest BCUT2D eigenvalue weighted by Crippen LogP contribution is -2.51. The second-order valence-electron chi connectivity index (χ2n) is 7.59. The Kier molecular flexibility index (Phi) is 7.02. The van der Waals surface area contributed by atoms with Gasteiger partial charge in [-0.05, 0) is 61.9 Å². The minimum atomic E-state index is -0.701. The molecule has 162 valence electrons. The second kappa shape index (κ2) is 9.69. The van der Waals surface area contributed by atoms with Crippen LogP contribution in [0.4, 0.5) is 21.9 Å². The first-order valence-electron chi connectivity index (χ1n) is 10.3. The predicted molar refractivity (Wildman–Crippen MR) is 120 cm³/mol. The van der Waals surface area contributed by atoms with Crippen LogP contribution < -0.4 is 21.0 Å². The molecule has 5 N–H and O–H groups in total. The first-order valence-corrected chi connectivity index (χ1v) is 10.3. The Bertz CT molecular complexity index is 818. The third kappa shape index (κ3) is 5.14. The number of amides is 2. The smallest absolute Gasteiger partial charge is 0.336 e. The summed E-state index contributed by atoms with van der Waals surface area (Å²) in [5.41, 5.74) is 2.86. The monoisotopic (exact) mass is 413 g/mol. The number of hydrogen-bond donors (Lipinski definition) is 4. The maximum absolute atomic E-state index is 12.3. The van der Waals surface area contributed by atoms with Crippen LogP contribution in [0, 0.1) is 0 Å². The zero-order valence-corrected chi connectivity index (χ0v) is 17.5. The Morgan fingerprint density at radius 1 is 1.03 bits per heavy atom. The van der Waals surface area contributed by atoms with Gasteiger partial charge < -0.3 is 25.3 Å². The molecular formula is C22H31N5O3. The summed E-state index contributed by atoms with van der Waals surface area (Å²) >= 11 is 0. The molecule has 0 radical (unpaired) electrons. The summed E-state index contributed by atoms with van der Waals surface area (Å²) in [6.45, 7) is 7.05. The van der Waals surface area contributed by atoms with E-state index >= 15 is 0 Å². The largest absolute Gasteiger partial charge is 0.508 e. The first kappa shape index (κ1) is 21.7. The SMILES string of the molecule is CC[C@@H]([C@H](C)O)N(N)C(=O)Nc1ccc(N2CCN(c3ccc(O)cc3)CC2)cc1.